The number of para-hydroxylation sites is 1. The summed E-state index contributed by atoms with van der Waals surface area (Å²) in [6.07, 6.45) is 2.27. The van der Waals surface area contributed by atoms with Crippen LogP contribution in [-0.2, 0) is 16.0 Å². The lowest BCUT2D eigenvalue weighted by Crippen LogP contribution is -2.42. The molecule has 1 aromatic carbocycles. The molecule has 3 heterocycles. The van der Waals surface area contributed by atoms with Crippen molar-refractivity contribution in [2.75, 3.05) is 11.9 Å². The van der Waals surface area contributed by atoms with Crippen LogP contribution in [0.25, 0.3) is 11.5 Å². The quantitative estimate of drug-likeness (QED) is 0.524. The van der Waals surface area contributed by atoms with E-state index in [0.717, 1.165) is 0 Å². The molecule has 3 amide bonds. The summed E-state index contributed by atoms with van der Waals surface area (Å²) < 4.78 is 5.17. The van der Waals surface area contributed by atoms with Gasteiger partial charge in [-0.05, 0) is 30.7 Å². The van der Waals surface area contributed by atoms with Crippen LogP contribution in [0.4, 0.5) is 5.69 Å². The second-order valence-electron chi connectivity index (χ2n) is 6.93. The molecule has 10 nitrogen and oxygen atoms in total. The van der Waals surface area contributed by atoms with E-state index in [9.17, 15) is 14.4 Å². The predicted octanol–water partition coefficient (Wildman–Crippen LogP) is 1.32. The molecule has 31 heavy (non-hydrogen) atoms. The minimum Gasteiger partial charge on any atom is -0.356 e. The van der Waals surface area contributed by atoms with E-state index in [1.807, 2.05) is 6.07 Å². The summed E-state index contributed by atoms with van der Waals surface area (Å²) in [6.45, 7) is 0.303. The summed E-state index contributed by atoms with van der Waals surface area (Å²) in [6, 6.07) is 11.4. The molecule has 0 saturated heterocycles. The first kappa shape index (κ1) is 20.2. The lowest BCUT2D eigenvalue weighted by atomic mass is 10.1. The summed E-state index contributed by atoms with van der Waals surface area (Å²) in [5, 5.41) is 12.0. The average Bonchev–Trinajstić information content (AvgIpc) is 3.21. The Morgan fingerprint density at radius 3 is 2.81 bits per heavy atom. The number of hydrogen-bond acceptors (Lipinski definition) is 7. The summed E-state index contributed by atoms with van der Waals surface area (Å²) in [5.74, 6) is -0.168. The smallest absolute Gasteiger partial charge is 0.254 e. The van der Waals surface area contributed by atoms with E-state index in [-0.39, 0.29) is 30.6 Å². The Morgan fingerprint density at radius 2 is 1.97 bits per heavy atom. The highest BCUT2D eigenvalue weighted by Gasteiger charge is 2.27. The normalized spacial score (nSPS) is 15.4. The fourth-order valence-electron chi connectivity index (χ4n) is 3.14. The molecule has 3 aromatic rings. The third-order valence-electron chi connectivity index (χ3n) is 4.73. The summed E-state index contributed by atoms with van der Waals surface area (Å²) in [4.78, 5) is 45.2. The molecule has 1 unspecified atom stereocenters. The SMILES string of the molecule is O=C(CCC1NC(=O)c2ccccc2NC1=O)NCCc1nc(-c2ccccn2)no1. The number of nitrogens with one attached hydrogen (secondary N) is 3. The van der Waals surface area contributed by atoms with Gasteiger partial charge in [-0.15, -0.1) is 0 Å². The van der Waals surface area contributed by atoms with Gasteiger partial charge in [0.15, 0.2) is 0 Å². The number of anilines is 1. The number of pyridine rings is 1. The maximum absolute atomic E-state index is 12.4. The third-order valence-corrected chi connectivity index (χ3v) is 4.73. The van der Waals surface area contributed by atoms with Crippen molar-refractivity contribution in [3.05, 3.63) is 60.1 Å². The first-order chi connectivity index (χ1) is 15.1. The van der Waals surface area contributed by atoms with Crippen molar-refractivity contribution in [2.24, 2.45) is 0 Å². The van der Waals surface area contributed by atoms with Gasteiger partial charge in [-0.2, -0.15) is 4.98 Å². The van der Waals surface area contributed by atoms with Crippen molar-refractivity contribution in [3.8, 4) is 11.5 Å². The number of nitrogens with zero attached hydrogens (tertiary/aromatic N) is 3. The van der Waals surface area contributed by atoms with Crippen LogP contribution in [0.15, 0.2) is 53.2 Å². The second-order valence-corrected chi connectivity index (χ2v) is 6.93. The van der Waals surface area contributed by atoms with Crippen LogP contribution in [-0.4, -0.2) is 45.4 Å². The number of rotatable bonds is 7. The lowest BCUT2D eigenvalue weighted by molar-refractivity contribution is -0.121. The molecule has 1 aliphatic heterocycles. The Hall–Kier alpha value is -4.08. The molecule has 0 spiro atoms. The summed E-state index contributed by atoms with van der Waals surface area (Å²) >= 11 is 0. The Bertz CT molecular complexity index is 1100. The van der Waals surface area contributed by atoms with E-state index >= 15 is 0 Å². The average molecular weight is 420 g/mol. The Balaban J connectivity index is 1.23. The van der Waals surface area contributed by atoms with Crippen LogP contribution < -0.4 is 16.0 Å². The van der Waals surface area contributed by atoms with Crippen molar-refractivity contribution in [1.82, 2.24) is 25.8 Å². The molecule has 0 fully saturated rings. The molecule has 0 aliphatic carbocycles. The van der Waals surface area contributed by atoms with Crippen LogP contribution in [0.1, 0.15) is 29.1 Å². The molecule has 1 aliphatic rings. The van der Waals surface area contributed by atoms with Gasteiger partial charge in [-0.3, -0.25) is 19.4 Å². The zero-order chi connectivity index (χ0) is 21.6. The molecule has 2 aromatic heterocycles. The topological polar surface area (TPSA) is 139 Å². The van der Waals surface area contributed by atoms with E-state index in [0.29, 0.717) is 41.6 Å². The Labute approximate surface area is 177 Å². The van der Waals surface area contributed by atoms with Gasteiger partial charge in [-0.1, -0.05) is 23.4 Å². The highest BCUT2D eigenvalue weighted by Crippen LogP contribution is 2.19. The highest BCUT2D eigenvalue weighted by molar-refractivity contribution is 6.09. The van der Waals surface area contributed by atoms with Gasteiger partial charge in [0.2, 0.25) is 23.5 Å². The van der Waals surface area contributed by atoms with Crippen molar-refractivity contribution in [3.63, 3.8) is 0 Å². The van der Waals surface area contributed by atoms with Crippen molar-refractivity contribution >= 4 is 23.4 Å². The maximum Gasteiger partial charge on any atom is 0.254 e. The molecule has 0 radical (unpaired) electrons. The van der Waals surface area contributed by atoms with E-state index in [1.165, 1.54) is 0 Å². The van der Waals surface area contributed by atoms with E-state index in [1.54, 1.807) is 42.6 Å². The zero-order valence-corrected chi connectivity index (χ0v) is 16.5. The molecule has 0 bridgehead atoms. The Kier molecular flexibility index (Phi) is 5.97. The number of hydrogen-bond donors (Lipinski definition) is 3. The van der Waals surface area contributed by atoms with Gasteiger partial charge >= 0.3 is 0 Å². The molecule has 3 N–H and O–H groups in total. The van der Waals surface area contributed by atoms with E-state index in [4.69, 9.17) is 4.52 Å². The first-order valence-corrected chi connectivity index (χ1v) is 9.81. The van der Waals surface area contributed by atoms with Gasteiger partial charge in [0.1, 0.15) is 11.7 Å². The second kappa shape index (κ2) is 9.16. The largest absolute Gasteiger partial charge is 0.356 e. The van der Waals surface area contributed by atoms with Crippen LogP contribution in [0, 0.1) is 0 Å². The zero-order valence-electron chi connectivity index (χ0n) is 16.5. The minimum atomic E-state index is -0.789. The van der Waals surface area contributed by atoms with Crippen molar-refractivity contribution < 1.29 is 18.9 Å². The van der Waals surface area contributed by atoms with Crippen LogP contribution in [0.5, 0.6) is 0 Å². The minimum absolute atomic E-state index is 0.0811. The molecular formula is C21H20N6O4. The van der Waals surface area contributed by atoms with Crippen LogP contribution in [0.2, 0.25) is 0 Å². The van der Waals surface area contributed by atoms with Crippen molar-refractivity contribution in [2.45, 2.75) is 25.3 Å². The van der Waals surface area contributed by atoms with Gasteiger partial charge in [0, 0.05) is 25.6 Å². The van der Waals surface area contributed by atoms with Crippen LogP contribution >= 0.6 is 0 Å². The van der Waals surface area contributed by atoms with Gasteiger partial charge in [-0.25, -0.2) is 0 Å². The molecule has 1 atom stereocenters. The fourth-order valence-corrected chi connectivity index (χ4v) is 3.14. The van der Waals surface area contributed by atoms with Gasteiger partial charge < -0.3 is 20.5 Å². The number of fused-ring (bicyclic) bond motifs is 1. The van der Waals surface area contributed by atoms with Crippen molar-refractivity contribution in [1.29, 1.82) is 0 Å². The number of carbonyl (C=O) groups excluding carboxylic acids is 3. The fraction of sp³-hybridized carbons (Fsp3) is 0.238. The lowest BCUT2D eigenvalue weighted by Gasteiger charge is -2.14. The third kappa shape index (κ3) is 4.92. The monoisotopic (exact) mass is 420 g/mol. The molecule has 4 rings (SSSR count). The molecule has 10 heteroatoms. The standard InChI is InChI=1S/C21H20N6O4/c28-17(23-12-10-18-26-19(27-31-18)15-7-3-4-11-22-15)9-8-16-21(30)24-14-6-2-1-5-13(14)20(29)25-16/h1-7,11,16H,8-10,12H2,(H,23,28)(H,24,30)(H,25,29). The number of carbonyl (C=O) groups is 3. The molecule has 0 saturated carbocycles. The first-order valence-electron chi connectivity index (χ1n) is 9.81. The molecular weight excluding hydrogens is 400 g/mol. The highest BCUT2D eigenvalue weighted by atomic mass is 16.5. The molecule has 158 valence electrons. The summed E-state index contributed by atoms with van der Waals surface area (Å²) in [5.41, 5.74) is 1.46. The number of amides is 3. The van der Waals surface area contributed by atoms with Gasteiger partial charge in [0.05, 0.1) is 11.3 Å². The van der Waals surface area contributed by atoms with E-state index in [2.05, 4.69) is 31.1 Å². The summed E-state index contributed by atoms with van der Waals surface area (Å²) in [7, 11) is 0. The van der Waals surface area contributed by atoms with Gasteiger partial charge in [0.25, 0.3) is 5.91 Å². The van der Waals surface area contributed by atoms with Crippen LogP contribution in [0.3, 0.4) is 0 Å². The predicted molar refractivity (Wildman–Crippen MR) is 110 cm³/mol. The number of benzene rings is 1. The number of aromatic nitrogens is 3. The maximum atomic E-state index is 12.4. The Morgan fingerprint density at radius 1 is 1.13 bits per heavy atom. The van der Waals surface area contributed by atoms with E-state index < -0.39 is 6.04 Å².